The van der Waals surface area contributed by atoms with Crippen molar-refractivity contribution in [1.82, 2.24) is 0 Å². The lowest BCUT2D eigenvalue weighted by Crippen LogP contribution is -2.12. The van der Waals surface area contributed by atoms with E-state index in [1.165, 1.54) is 0 Å². The normalized spacial score (nSPS) is 28.3. The van der Waals surface area contributed by atoms with E-state index in [0.29, 0.717) is 0 Å². The molecule has 0 bridgehead atoms. The highest BCUT2D eigenvalue weighted by Gasteiger charge is 2.03. The van der Waals surface area contributed by atoms with Crippen LogP contribution in [-0.2, 0) is 0 Å². The largest absolute Gasteiger partial charge is 0.277 e. The van der Waals surface area contributed by atoms with E-state index in [-0.39, 0.29) is 0 Å². The number of hydrogen-bond acceptors (Lipinski definition) is 2. The van der Waals surface area contributed by atoms with Gasteiger partial charge in [0.15, 0.2) is 0 Å². The Morgan fingerprint density at radius 2 is 1.43 bits per heavy atom. The minimum Gasteiger partial charge on any atom is -0.277 e. The standard InChI is InChI=1S/C4H8N2S/c5-7(6)3-1-2-4-7/h1-4H,5-6H2. The van der Waals surface area contributed by atoms with E-state index < -0.39 is 10.4 Å². The van der Waals surface area contributed by atoms with Crippen LogP contribution in [0.5, 0.6) is 0 Å². The molecule has 1 aliphatic heterocycles. The first-order valence-corrected chi connectivity index (χ1v) is 3.83. The fourth-order valence-electron chi connectivity index (χ4n) is 0.408. The monoisotopic (exact) mass is 116 g/mol. The van der Waals surface area contributed by atoms with Gasteiger partial charge in [-0.25, -0.2) is 0 Å². The summed E-state index contributed by atoms with van der Waals surface area (Å²) in [7, 11) is -1.41. The number of rotatable bonds is 0. The van der Waals surface area contributed by atoms with Crippen LogP contribution in [-0.4, -0.2) is 0 Å². The fraction of sp³-hybridized carbons (Fsp3) is 0. The van der Waals surface area contributed by atoms with E-state index in [9.17, 15) is 0 Å². The Morgan fingerprint density at radius 3 is 1.57 bits per heavy atom. The Kier molecular flexibility index (Phi) is 0.955. The predicted octanol–water partition coefficient (Wildman–Crippen LogP) is 0.579. The average molecular weight is 116 g/mol. The van der Waals surface area contributed by atoms with Crippen molar-refractivity contribution in [1.29, 1.82) is 0 Å². The SMILES string of the molecule is NS1(N)C=CC=C1. The number of hydrogen-bond donors (Lipinski definition) is 2. The van der Waals surface area contributed by atoms with Gasteiger partial charge in [-0.2, -0.15) is 0 Å². The molecular weight excluding hydrogens is 108 g/mol. The van der Waals surface area contributed by atoms with E-state index >= 15 is 0 Å². The average Bonchev–Trinajstić information content (AvgIpc) is 1.84. The predicted molar refractivity (Wildman–Crippen MR) is 34.2 cm³/mol. The molecule has 0 aromatic rings. The van der Waals surface area contributed by atoms with Crippen molar-refractivity contribution in [3.05, 3.63) is 23.0 Å². The molecule has 0 unspecified atom stereocenters. The first-order valence-electron chi connectivity index (χ1n) is 1.94. The smallest absolute Gasteiger partial charge is 0.0175 e. The molecular formula is C4H8N2S. The van der Waals surface area contributed by atoms with Crippen molar-refractivity contribution in [3.63, 3.8) is 0 Å². The third kappa shape index (κ3) is 1.06. The molecule has 2 nitrogen and oxygen atoms in total. The van der Waals surface area contributed by atoms with Gasteiger partial charge in [-0.15, -0.1) is 0 Å². The molecule has 0 spiro atoms. The van der Waals surface area contributed by atoms with Crippen LogP contribution < -0.4 is 10.3 Å². The highest BCUT2D eigenvalue weighted by atomic mass is 32.3. The van der Waals surface area contributed by atoms with E-state index in [0.717, 1.165) is 0 Å². The Morgan fingerprint density at radius 1 is 1.00 bits per heavy atom. The molecule has 3 heteroatoms. The lowest BCUT2D eigenvalue weighted by Gasteiger charge is -2.16. The minimum atomic E-state index is -1.41. The molecule has 0 radical (unpaired) electrons. The molecule has 40 valence electrons. The van der Waals surface area contributed by atoms with Crippen molar-refractivity contribution < 1.29 is 0 Å². The molecule has 0 aromatic heterocycles. The Balaban J connectivity index is 2.77. The summed E-state index contributed by atoms with van der Waals surface area (Å²) >= 11 is 0. The van der Waals surface area contributed by atoms with E-state index in [1.807, 2.05) is 23.0 Å². The van der Waals surface area contributed by atoms with Crippen LogP contribution in [0.1, 0.15) is 0 Å². The second-order valence-electron chi connectivity index (χ2n) is 1.47. The first-order chi connectivity index (χ1) is 3.21. The highest BCUT2D eigenvalue weighted by Crippen LogP contribution is 2.36. The molecule has 7 heavy (non-hydrogen) atoms. The van der Waals surface area contributed by atoms with Gasteiger partial charge in [-0.3, -0.25) is 10.3 Å². The maximum Gasteiger partial charge on any atom is -0.0175 e. The summed E-state index contributed by atoms with van der Waals surface area (Å²) < 4.78 is 0. The summed E-state index contributed by atoms with van der Waals surface area (Å²) in [5, 5.41) is 14.6. The van der Waals surface area contributed by atoms with E-state index in [4.69, 9.17) is 10.3 Å². The molecule has 1 aliphatic rings. The summed E-state index contributed by atoms with van der Waals surface area (Å²) in [4.78, 5) is 0. The van der Waals surface area contributed by atoms with Gasteiger partial charge >= 0.3 is 0 Å². The van der Waals surface area contributed by atoms with Gasteiger partial charge < -0.3 is 0 Å². The van der Waals surface area contributed by atoms with Crippen molar-refractivity contribution in [2.45, 2.75) is 0 Å². The summed E-state index contributed by atoms with van der Waals surface area (Å²) in [6.45, 7) is 0. The molecule has 0 atom stereocenters. The van der Waals surface area contributed by atoms with Gasteiger partial charge in [0.25, 0.3) is 0 Å². The van der Waals surface area contributed by atoms with E-state index in [2.05, 4.69) is 0 Å². The van der Waals surface area contributed by atoms with Crippen LogP contribution >= 0.6 is 10.4 Å². The lowest BCUT2D eigenvalue weighted by molar-refractivity contribution is 1.81. The lowest BCUT2D eigenvalue weighted by atomic mass is 10.6. The third-order valence-electron chi connectivity index (χ3n) is 0.740. The van der Waals surface area contributed by atoms with Crippen LogP contribution in [0.25, 0.3) is 0 Å². The van der Waals surface area contributed by atoms with Gasteiger partial charge in [0.2, 0.25) is 0 Å². The van der Waals surface area contributed by atoms with Crippen LogP contribution in [0, 0.1) is 0 Å². The van der Waals surface area contributed by atoms with Gasteiger partial charge in [0.1, 0.15) is 0 Å². The Bertz CT molecular complexity index is 112. The topological polar surface area (TPSA) is 52.0 Å². The summed E-state index contributed by atoms with van der Waals surface area (Å²) in [6.07, 6.45) is 3.74. The van der Waals surface area contributed by atoms with Crippen molar-refractivity contribution in [2.24, 2.45) is 10.3 Å². The molecule has 0 aliphatic carbocycles. The minimum absolute atomic E-state index is 1.41. The van der Waals surface area contributed by atoms with Crippen LogP contribution in [0.3, 0.4) is 0 Å². The Labute approximate surface area is 44.5 Å². The molecule has 0 amide bonds. The second kappa shape index (κ2) is 1.36. The molecule has 4 N–H and O–H groups in total. The van der Waals surface area contributed by atoms with Crippen molar-refractivity contribution in [3.8, 4) is 0 Å². The van der Waals surface area contributed by atoms with Crippen LogP contribution in [0.15, 0.2) is 23.0 Å². The van der Waals surface area contributed by atoms with Crippen LogP contribution in [0.2, 0.25) is 0 Å². The maximum atomic E-state index is 5.47. The molecule has 0 fully saturated rings. The van der Waals surface area contributed by atoms with Gasteiger partial charge in [-0.05, 0) is 10.8 Å². The van der Waals surface area contributed by atoms with E-state index in [1.54, 1.807) is 0 Å². The summed E-state index contributed by atoms with van der Waals surface area (Å²) in [5.41, 5.74) is 0. The maximum absolute atomic E-state index is 5.47. The molecule has 1 rings (SSSR count). The molecule has 0 aromatic carbocycles. The highest BCUT2D eigenvalue weighted by molar-refractivity contribution is 8.35. The van der Waals surface area contributed by atoms with Gasteiger partial charge in [0, 0.05) is 0 Å². The van der Waals surface area contributed by atoms with Crippen molar-refractivity contribution in [2.75, 3.05) is 0 Å². The number of nitrogens with two attached hydrogens (primary N) is 2. The van der Waals surface area contributed by atoms with Gasteiger partial charge in [0.05, 0.1) is 0 Å². The first kappa shape index (κ1) is 4.90. The zero-order valence-electron chi connectivity index (χ0n) is 3.87. The van der Waals surface area contributed by atoms with Crippen LogP contribution in [0.4, 0.5) is 0 Å². The molecule has 0 saturated carbocycles. The quantitative estimate of drug-likeness (QED) is 0.486. The Hall–Kier alpha value is -0.250. The fourth-order valence-corrected chi connectivity index (χ4v) is 1.22. The third-order valence-corrected chi connectivity index (χ3v) is 2.00. The number of allylic oxidation sites excluding steroid dienone is 2. The second-order valence-corrected chi connectivity index (χ2v) is 3.65. The summed E-state index contributed by atoms with van der Waals surface area (Å²) in [6, 6.07) is 0. The summed E-state index contributed by atoms with van der Waals surface area (Å²) in [5.74, 6) is 0. The molecule has 1 heterocycles. The molecule has 0 saturated heterocycles. The zero-order chi connectivity index (χ0) is 5.33. The zero-order valence-corrected chi connectivity index (χ0v) is 4.69. The van der Waals surface area contributed by atoms with Crippen molar-refractivity contribution >= 4 is 10.4 Å². The van der Waals surface area contributed by atoms with Gasteiger partial charge in [-0.1, -0.05) is 22.6 Å².